The molecule has 4 aliphatic carbocycles. The van der Waals surface area contributed by atoms with Gasteiger partial charge in [-0.1, -0.05) is 6.92 Å². The Labute approximate surface area is 176 Å². The molecule has 3 N–H and O–H groups in total. The predicted molar refractivity (Wildman–Crippen MR) is 109 cm³/mol. The van der Waals surface area contributed by atoms with Crippen LogP contribution in [-0.2, 0) is 4.79 Å². The molecule has 0 aliphatic heterocycles. The van der Waals surface area contributed by atoms with Gasteiger partial charge in [0.2, 0.25) is 0 Å². The van der Waals surface area contributed by atoms with Gasteiger partial charge < -0.3 is 24.5 Å². The highest BCUT2D eigenvalue weighted by Gasteiger charge is 2.71. The Bertz CT molecular complexity index is 891. The van der Waals surface area contributed by atoms with Crippen molar-refractivity contribution in [2.75, 3.05) is 0 Å². The van der Waals surface area contributed by atoms with Crippen molar-refractivity contribution in [3.63, 3.8) is 0 Å². The molecule has 0 spiro atoms. The average molecular weight is 417 g/mol. The molecule has 1 aromatic heterocycles. The molecule has 1 heterocycles. The number of hydrogen-bond acceptors (Lipinski definition) is 6. The number of rotatable bonds is 2. The molecule has 4 aliphatic rings. The maximum absolute atomic E-state index is 12.5. The van der Waals surface area contributed by atoms with E-state index in [-0.39, 0.29) is 35.2 Å². The van der Waals surface area contributed by atoms with E-state index in [1.165, 1.54) is 12.3 Å². The van der Waals surface area contributed by atoms with Gasteiger partial charge in [-0.3, -0.25) is 0 Å². The minimum Gasteiger partial charge on any atom is -0.431 e. The lowest BCUT2D eigenvalue weighted by Gasteiger charge is -2.65. The highest BCUT2D eigenvalue weighted by atomic mass is 16.4. The Kier molecular flexibility index (Phi) is 4.42. The molecule has 164 valence electrons. The monoisotopic (exact) mass is 416 g/mol. The van der Waals surface area contributed by atoms with E-state index in [9.17, 15) is 24.9 Å². The van der Waals surface area contributed by atoms with Crippen molar-refractivity contribution in [1.29, 1.82) is 0 Å². The van der Waals surface area contributed by atoms with Gasteiger partial charge in [0.15, 0.2) is 0 Å². The molecule has 1 aromatic rings. The van der Waals surface area contributed by atoms with Crippen LogP contribution in [0.2, 0.25) is 0 Å². The van der Waals surface area contributed by atoms with Crippen molar-refractivity contribution in [2.45, 2.75) is 87.9 Å². The molecule has 6 nitrogen and oxygen atoms in total. The van der Waals surface area contributed by atoms with E-state index < -0.39 is 22.7 Å². The molecule has 4 saturated carbocycles. The number of aliphatic hydroxyl groups is 3. The maximum atomic E-state index is 12.5. The van der Waals surface area contributed by atoms with Gasteiger partial charge in [-0.2, -0.15) is 0 Å². The third kappa shape index (κ3) is 2.41. The van der Waals surface area contributed by atoms with Crippen molar-refractivity contribution in [3.8, 4) is 0 Å². The average Bonchev–Trinajstić information content (AvgIpc) is 2.99. The van der Waals surface area contributed by atoms with E-state index in [4.69, 9.17) is 4.42 Å². The van der Waals surface area contributed by atoms with Crippen LogP contribution in [0.15, 0.2) is 27.6 Å². The zero-order valence-electron chi connectivity index (χ0n) is 17.5. The number of aldehydes is 1. The maximum Gasteiger partial charge on any atom is 0.335 e. The van der Waals surface area contributed by atoms with E-state index in [1.54, 1.807) is 0 Å². The SMILES string of the molecule is C[C@]12CCC3C(CC[C@]4(O)C[C@H](O)CCC34C=O)[C@@]1(O)CC[C@H]2c1ccc(=O)oc1. The second-order valence-electron chi connectivity index (χ2n) is 10.7. The lowest BCUT2D eigenvalue weighted by Crippen LogP contribution is -2.68. The zero-order valence-corrected chi connectivity index (χ0v) is 17.5. The van der Waals surface area contributed by atoms with Crippen LogP contribution in [-0.4, -0.2) is 38.9 Å². The topological polar surface area (TPSA) is 108 Å². The van der Waals surface area contributed by atoms with Gasteiger partial charge in [0, 0.05) is 17.9 Å². The summed E-state index contributed by atoms with van der Waals surface area (Å²) >= 11 is 0. The van der Waals surface area contributed by atoms with Crippen molar-refractivity contribution in [3.05, 3.63) is 34.4 Å². The Balaban J connectivity index is 1.53. The molecule has 0 amide bonds. The largest absolute Gasteiger partial charge is 0.431 e. The van der Waals surface area contributed by atoms with Gasteiger partial charge in [-0.25, -0.2) is 4.79 Å². The number of carbonyl (C=O) groups is 1. The highest BCUT2D eigenvalue weighted by Crippen LogP contribution is 2.70. The van der Waals surface area contributed by atoms with E-state index in [0.717, 1.165) is 31.1 Å². The number of carbonyl (C=O) groups excluding carboxylic acids is 1. The van der Waals surface area contributed by atoms with E-state index in [0.29, 0.717) is 32.1 Å². The molecule has 4 fully saturated rings. The molecule has 0 radical (unpaired) electrons. The van der Waals surface area contributed by atoms with Gasteiger partial charge in [0.05, 0.1) is 29.0 Å². The molecule has 5 rings (SSSR count). The summed E-state index contributed by atoms with van der Waals surface area (Å²) in [6.07, 6.45) is 7.24. The van der Waals surface area contributed by atoms with Crippen LogP contribution in [0.5, 0.6) is 0 Å². The second kappa shape index (κ2) is 6.50. The molecule has 0 aromatic carbocycles. The van der Waals surface area contributed by atoms with E-state index >= 15 is 0 Å². The first-order valence-electron chi connectivity index (χ1n) is 11.4. The fraction of sp³-hybridized carbons (Fsp3) is 0.750. The molecule has 0 bridgehead atoms. The van der Waals surface area contributed by atoms with Gasteiger partial charge in [-0.05, 0) is 80.8 Å². The lowest BCUT2D eigenvalue weighted by atomic mass is 9.41. The van der Waals surface area contributed by atoms with Gasteiger partial charge in [0.1, 0.15) is 6.29 Å². The standard InChI is InChI=1S/C24H32O6/c1-21-8-5-18-19(6-10-23(28)12-16(26)4-9-22(18,23)14-25)24(21,29)11-7-17(21)15-2-3-20(27)30-13-15/h2-3,13-14,16-19,26,28-29H,4-12H2,1H3/t16-,17+,18?,19?,21-,22?,23+,24+/m1/s1. The summed E-state index contributed by atoms with van der Waals surface area (Å²) in [4.78, 5) is 23.9. The third-order valence-electron chi connectivity index (χ3n) is 9.84. The smallest absolute Gasteiger partial charge is 0.335 e. The van der Waals surface area contributed by atoms with Crippen LogP contribution in [0, 0.1) is 22.7 Å². The third-order valence-corrected chi connectivity index (χ3v) is 9.84. The first-order valence-corrected chi connectivity index (χ1v) is 11.4. The normalized spacial score (nSPS) is 50.3. The van der Waals surface area contributed by atoms with Gasteiger partial charge >= 0.3 is 5.63 Å². The van der Waals surface area contributed by atoms with Crippen LogP contribution >= 0.6 is 0 Å². The second-order valence-corrected chi connectivity index (χ2v) is 10.7. The van der Waals surface area contributed by atoms with E-state index in [1.807, 2.05) is 6.07 Å². The van der Waals surface area contributed by atoms with Crippen LogP contribution in [0.4, 0.5) is 0 Å². The van der Waals surface area contributed by atoms with Crippen LogP contribution in [0.25, 0.3) is 0 Å². The first kappa shape index (κ1) is 20.4. The quantitative estimate of drug-likeness (QED) is 0.640. The van der Waals surface area contributed by atoms with Crippen molar-refractivity contribution in [2.24, 2.45) is 22.7 Å². The van der Waals surface area contributed by atoms with Gasteiger partial charge in [-0.15, -0.1) is 0 Å². The summed E-state index contributed by atoms with van der Waals surface area (Å²) in [5, 5.41) is 33.8. The molecule has 6 heteroatoms. The summed E-state index contributed by atoms with van der Waals surface area (Å²) in [7, 11) is 0. The van der Waals surface area contributed by atoms with Crippen LogP contribution < -0.4 is 5.63 Å². The fourth-order valence-corrected chi connectivity index (χ4v) is 8.25. The predicted octanol–water partition coefficient (Wildman–Crippen LogP) is 2.54. The molecule has 8 atom stereocenters. The van der Waals surface area contributed by atoms with Crippen LogP contribution in [0.3, 0.4) is 0 Å². The molecule has 30 heavy (non-hydrogen) atoms. The molecular formula is C24H32O6. The summed E-state index contributed by atoms with van der Waals surface area (Å²) in [6.45, 7) is 2.14. The lowest BCUT2D eigenvalue weighted by molar-refractivity contribution is -0.247. The van der Waals surface area contributed by atoms with Crippen molar-refractivity contribution in [1.82, 2.24) is 0 Å². The van der Waals surface area contributed by atoms with E-state index in [2.05, 4.69) is 6.92 Å². The molecule has 0 saturated heterocycles. The summed E-state index contributed by atoms with van der Waals surface area (Å²) in [5.74, 6) is -0.0431. The van der Waals surface area contributed by atoms with Gasteiger partial charge in [0.25, 0.3) is 0 Å². The number of fused-ring (bicyclic) bond motifs is 5. The highest BCUT2D eigenvalue weighted by molar-refractivity contribution is 5.64. The zero-order chi connectivity index (χ0) is 21.4. The Morgan fingerprint density at radius 1 is 1.03 bits per heavy atom. The Morgan fingerprint density at radius 2 is 1.80 bits per heavy atom. The fourth-order valence-electron chi connectivity index (χ4n) is 8.25. The Morgan fingerprint density at radius 3 is 2.50 bits per heavy atom. The summed E-state index contributed by atoms with van der Waals surface area (Å²) in [5.41, 5.74) is -2.79. The number of hydrogen-bond donors (Lipinski definition) is 3. The minimum absolute atomic E-state index is 0.0577. The molecular weight excluding hydrogens is 384 g/mol. The minimum atomic E-state index is -1.18. The van der Waals surface area contributed by atoms with Crippen LogP contribution in [0.1, 0.15) is 76.2 Å². The number of aliphatic hydroxyl groups excluding tert-OH is 1. The molecule has 3 unspecified atom stereocenters. The summed E-state index contributed by atoms with van der Waals surface area (Å²) < 4.78 is 5.12. The van der Waals surface area contributed by atoms with Crippen molar-refractivity contribution < 1.29 is 24.5 Å². The van der Waals surface area contributed by atoms with Crippen molar-refractivity contribution >= 4 is 6.29 Å². The first-order chi connectivity index (χ1) is 14.2. The Hall–Kier alpha value is -1.50. The summed E-state index contributed by atoms with van der Waals surface area (Å²) in [6, 6.07) is 3.26.